The number of sulfonamides is 1. The predicted molar refractivity (Wildman–Crippen MR) is 104 cm³/mol. The summed E-state index contributed by atoms with van der Waals surface area (Å²) in [7, 11) is -0.619. The Labute approximate surface area is 160 Å². The lowest BCUT2D eigenvalue weighted by molar-refractivity contribution is -0.114. The van der Waals surface area contributed by atoms with Crippen LogP contribution in [-0.2, 0) is 21.4 Å². The lowest BCUT2D eigenvalue weighted by Gasteiger charge is -2.18. The fourth-order valence-electron chi connectivity index (χ4n) is 2.52. The average molecular weight is 392 g/mol. The first-order valence-corrected chi connectivity index (χ1v) is 9.85. The van der Waals surface area contributed by atoms with Gasteiger partial charge in [0.05, 0.1) is 18.6 Å². The lowest BCUT2D eigenvalue weighted by Crippen LogP contribution is -2.26. The van der Waals surface area contributed by atoms with Crippen molar-refractivity contribution in [2.45, 2.75) is 25.3 Å². The maximum absolute atomic E-state index is 12.8. The highest BCUT2D eigenvalue weighted by Gasteiger charge is 2.21. The predicted octanol–water partition coefficient (Wildman–Crippen LogP) is 2.87. The molecule has 1 amide bonds. The molecule has 0 radical (unpaired) electrons. The van der Waals surface area contributed by atoms with Crippen molar-refractivity contribution in [2.75, 3.05) is 26.1 Å². The Morgan fingerprint density at radius 3 is 2.33 bits per heavy atom. The Hall–Kier alpha value is -2.58. The van der Waals surface area contributed by atoms with Gasteiger partial charge in [-0.3, -0.25) is 4.79 Å². The van der Waals surface area contributed by atoms with Crippen LogP contribution in [-0.4, -0.2) is 39.4 Å². The van der Waals surface area contributed by atoms with Gasteiger partial charge in [-0.25, -0.2) is 8.42 Å². The van der Waals surface area contributed by atoms with Gasteiger partial charge in [-0.2, -0.15) is 4.31 Å². The van der Waals surface area contributed by atoms with Crippen molar-refractivity contribution in [3.05, 3.63) is 48.0 Å². The van der Waals surface area contributed by atoms with Crippen LogP contribution in [0.5, 0.6) is 11.5 Å². The van der Waals surface area contributed by atoms with E-state index in [-0.39, 0.29) is 17.3 Å². The molecule has 0 saturated heterocycles. The molecule has 0 aliphatic carbocycles. The van der Waals surface area contributed by atoms with Gasteiger partial charge in [-0.1, -0.05) is 6.07 Å². The number of hydrogen-bond acceptors (Lipinski definition) is 5. The Balaban J connectivity index is 2.18. The molecule has 0 aliphatic rings. The third-order valence-electron chi connectivity index (χ3n) is 3.82. The lowest BCUT2D eigenvalue weighted by atomic mass is 10.2. The van der Waals surface area contributed by atoms with Gasteiger partial charge in [0.25, 0.3) is 0 Å². The van der Waals surface area contributed by atoms with Gasteiger partial charge in [0.15, 0.2) is 11.5 Å². The Morgan fingerprint density at radius 2 is 1.78 bits per heavy atom. The second-order valence-electron chi connectivity index (χ2n) is 5.88. The Kier molecular flexibility index (Phi) is 6.81. The molecule has 27 heavy (non-hydrogen) atoms. The SMILES string of the molecule is CCOc1ccc(CN(C)S(=O)(=O)c2ccc(NC(C)=O)cc2)cc1OC. The molecular formula is C19H24N2O5S. The van der Waals surface area contributed by atoms with E-state index in [0.717, 1.165) is 5.56 Å². The van der Waals surface area contributed by atoms with Gasteiger partial charge >= 0.3 is 0 Å². The molecule has 0 unspecified atom stereocenters. The summed E-state index contributed by atoms with van der Waals surface area (Å²) in [6.45, 7) is 3.96. The Bertz CT molecular complexity index is 895. The summed E-state index contributed by atoms with van der Waals surface area (Å²) in [6.07, 6.45) is 0. The van der Waals surface area contributed by atoms with Crippen LogP contribution in [0, 0.1) is 0 Å². The monoisotopic (exact) mass is 392 g/mol. The highest BCUT2D eigenvalue weighted by atomic mass is 32.2. The third-order valence-corrected chi connectivity index (χ3v) is 5.63. The molecule has 0 heterocycles. The molecule has 1 N–H and O–H groups in total. The third kappa shape index (κ3) is 5.21. The number of methoxy groups -OCH3 is 1. The highest BCUT2D eigenvalue weighted by Crippen LogP contribution is 2.29. The number of carbonyl (C=O) groups excluding carboxylic acids is 1. The summed E-state index contributed by atoms with van der Waals surface area (Å²) in [6, 6.07) is 11.4. The van der Waals surface area contributed by atoms with Gasteiger partial charge in [0.2, 0.25) is 15.9 Å². The van der Waals surface area contributed by atoms with Crippen molar-refractivity contribution in [3.63, 3.8) is 0 Å². The molecule has 0 atom stereocenters. The smallest absolute Gasteiger partial charge is 0.243 e. The first-order valence-electron chi connectivity index (χ1n) is 8.41. The van der Waals surface area contributed by atoms with Crippen molar-refractivity contribution in [2.24, 2.45) is 0 Å². The van der Waals surface area contributed by atoms with Crippen molar-refractivity contribution in [1.82, 2.24) is 4.31 Å². The van der Waals surface area contributed by atoms with Crippen LogP contribution in [0.15, 0.2) is 47.4 Å². The summed E-state index contributed by atoms with van der Waals surface area (Å²) in [5.41, 5.74) is 1.32. The van der Waals surface area contributed by atoms with E-state index in [1.807, 2.05) is 6.92 Å². The molecule has 146 valence electrons. The van der Waals surface area contributed by atoms with E-state index in [1.165, 1.54) is 30.4 Å². The molecule has 2 rings (SSSR count). The van der Waals surface area contributed by atoms with E-state index in [9.17, 15) is 13.2 Å². The van der Waals surface area contributed by atoms with Crippen LogP contribution >= 0.6 is 0 Å². The number of anilines is 1. The number of ether oxygens (including phenoxy) is 2. The molecule has 0 aromatic heterocycles. The molecule has 0 aliphatic heterocycles. The molecule has 7 nitrogen and oxygen atoms in total. The van der Waals surface area contributed by atoms with Gasteiger partial charge in [0, 0.05) is 26.2 Å². The van der Waals surface area contributed by atoms with Gasteiger partial charge in [-0.15, -0.1) is 0 Å². The summed E-state index contributed by atoms with van der Waals surface area (Å²) in [4.78, 5) is 11.2. The zero-order valence-electron chi connectivity index (χ0n) is 15.9. The largest absolute Gasteiger partial charge is 0.493 e. The van der Waals surface area contributed by atoms with Crippen LogP contribution in [0.3, 0.4) is 0 Å². The van der Waals surface area contributed by atoms with Crippen LogP contribution in [0.1, 0.15) is 19.4 Å². The zero-order chi connectivity index (χ0) is 20.0. The molecule has 0 fully saturated rings. The molecule has 0 bridgehead atoms. The quantitative estimate of drug-likeness (QED) is 0.747. The van der Waals surface area contributed by atoms with E-state index in [1.54, 1.807) is 37.4 Å². The minimum absolute atomic E-state index is 0.150. The van der Waals surface area contributed by atoms with Crippen molar-refractivity contribution in [3.8, 4) is 11.5 Å². The number of nitrogens with zero attached hydrogens (tertiary/aromatic N) is 1. The van der Waals surface area contributed by atoms with E-state index >= 15 is 0 Å². The second-order valence-corrected chi connectivity index (χ2v) is 7.93. The molecule has 8 heteroatoms. The summed E-state index contributed by atoms with van der Waals surface area (Å²) in [5, 5.41) is 2.61. The minimum Gasteiger partial charge on any atom is -0.493 e. The zero-order valence-corrected chi connectivity index (χ0v) is 16.7. The van der Waals surface area contributed by atoms with E-state index in [4.69, 9.17) is 9.47 Å². The summed E-state index contributed by atoms with van der Waals surface area (Å²) in [5.74, 6) is 0.954. The van der Waals surface area contributed by atoms with Crippen LogP contribution in [0.2, 0.25) is 0 Å². The second kappa shape index (κ2) is 8.88. The molecule has 0 spiro atoms. The fourth-order valence-corrected chi connectivity index (χ4v) is 3.68. The maximum Gasteiger partial charge on any atom is 0.243 e. The summed E-state index contributed by atoms with van der Waals surface area (Å²) >= 11 is 0. The highest BCUT2D eigenvalue weighted by molar-refractivity contribution is 7.89. The normalized spacial score (nSPS) is 11.3. The number of nitrogens with one attached hydrogen (secondary N) is 1. The molecule has 2 aromatic carbocycles. The fraction of sp³-hybridized carbons (Fsp3) is 0.316. The number of carbonyl (C=O) groups is 1. The van der Waals surface area contributed by atoms with Gasteiger partial charge in [0.1, 0.15) is 0 Å². The number of rotatable bonds is 8. The number of hydrogen-bond donors (Lipinski definition) is 1. The topological polar surface area (TPSA) is 84.9 Å². The summed E-state index contributed by atoms with van der Waals surface area (Å²) < 4.78 is 37.6. The van der Waals surface area contributed by atoms with Crippen molar-refractivity contribution < 1.29 is 22.7 Å². The molecule has 0 saturated carbocycles. The minimum atomic E-state index is -3.67. The number of amides is 1. The van der Waals surface area contributed by atoms with E-state index in [0.29, 0.717) is 23.8 Å². The average Bonchev–Trinajstić information content (AvgIpc) is 2.63. The van der Waals surface area contributed by atoms with Crippen LogP contribution < -0.4 is 14.8 Å². The van der Waals surface area contributed by atoms with Crippen LogP contribution in [0.4, 0.5) is 5.69 Å². The number of benzene rings is 2. The molecular weight excluding hydrogens is 368 g/mol. The van der Waals surface area contributed by atoms with E-state index < -0.39 is 10.0 Å². The maximum atomic E-state index is 12.8. The van der Waals surface area contributed by atoms with Crippen LogP contribution in [0.25, 0.3) is 0 Å². The van der Waals surface area contributed by atoms with Crippen molar-refractivity contribution >= 4 is 21.6 Å². The molecule has 2 aromatic rings. The first-order chi connectivity index (χ1) is 12.8. The standard InChI is InChI=1S/C19H24N2O5S/c1-5-26-18-11-6-15(12-19(18)25-4)13-21(3)27(23,24)17-9-7-16(8-10-17)20-14(2)22/h6-12H,5,13H2,1-4H3,(H,20,22). The van der Waals surface area contributed by atoms with Gasteiger partial charge < -0.3 is 14.8 Å². The first kappa shape index (κ1) is 20.7. The Morgan fingerprint density at radius 1 is 1.11 bits per heavy atom. The van der Waals surface area contributed by atoms with Crippen molar-refractivity contribution in [1.29, 1.82) is 0 Å². The van der Waals surface area contributed by atoms with E-state index in [2.05, 4.69) is 5.32 Å². The van der Waals surface area contributed by atoms with Gasteiger partial charge in [-0.05, 0) is 48.9 Å².